The fourth-order valence-electron chi connectivity index (χ4n) is 4.38. The predicted octanol–water partition coefficient (Wildman–Crippen LogP) is 8.71. The molecule has 1 aliphatic carbocycles. The van der Waals surface area contributed by atoms with Crippen molar-refractivity contribution in [2.45, 2.75) is 76.7 Å². The molecule has 182 valence electrons. The number of hydrogen-bond donors (Lipinski definition) is 0. The first kappa shape index (κ1) is 25.2. The highest BCUT2D eigenvalue weighted by atomic mass is 19.4. The molecule has 1 saturated carbocycles. The first-order valence-corrected chi connectivity index (χ1v) is 11.3. The second-order valence-electron chi connectivity index (χ2n) is 8.59. The van der Waals surface area contributed by atoms with Crippen LogP contribution < -0.4 is 9.47 Å². The average molecular weight is 474 g/mol. The molecule has 1 fully saturated rings. The van der Waals surface area contributed by atoms with Gasteiger partial charge in [-0.15, -0.1) is 13.2 Å². The second kappa shape index (κ2) is 10.7. The van der Waals surface area contributed by atoms with Crippen molar-refractivity contribution in [1.29, 1.82) is 0 Å². The highest BCUT2D eigenvalue weighted by Crippen LogP contribution is 2.39. The standard InChI is InChI=1S/C25H28F6O2/c1-2-3-4-5-17-6-8-18(9-7-17)19-10-12-20(13-11-19)24(27,28)32-21-14-15-23(22(26)16-21)33-25(29,30)31/h10-18H,2-9H2,1H3/t17-,18-. The van der Waals surface area contributed by atoms with Crippen molar-refractivity contribution in [2.24, 2.45) is 5.92 Å². The lowest BCUT2D eigenvalue weighted by atomic mass is 9.77. The topological polar surface area (TPSA) is 18.5 Å². The van der Waals surface area contributed by atoms with Gasteiger partial charge in [-0.25, -0.2) is 4.39 Å². The van der Waals surface area contributed by atoms with Crippen LogP contribution in [0.2, 0.25) is 0 Å². The number of halogens is 6. The first-order valence-electron chi connectivity index (χ1n) is 11.3. The van der Waals surface area contributed by atoms with Crippen molar-refractivity contribution in [1.82, 2.24) is 0 Å². The smallest absolute Gasteiger partial charge is 0.429 e. The molecule has 2 aromatic carbocycles. The van der Waals surface area contributed by atoms with Crippen molar-refractivity contribution in [3.8, 4) is 11.5 Å². The third kappa shape index (κ3) is 7.30. The van der Waals surface area contributed by atoms with Gasteiger partial charge in [0.1, 0.15) is 5.75 Å². The summed E-state index contributed by atoms with van der Waals surface area (Å²) in [7, 11) is 0. The van der Waals surface area contributed by atoms with E-state index in [9.17, 15) is 26.3 Å². The van der Waals surface area contributed by atoms with E-state index >= 15 is 0 Å². The van der Waals surface area contributed by atoms with E-state index < -0.39 is 35.4 Å². The number of hydrogen-bond acceptors (Lipinski definition) is 2. The number of alkyl halides is 5. The molecule has 33 heavy (non-hydrogen) atoms. The molecule has 8 heteroatoms. The summed E-state index contributed by atoms with van der Waals surface area (Å²) < 4.78 is 87.7. The van der Waals surface area contributed by atoms with Gasteiger partial charge in [-0.3, -0.25) is 0 Å². The Bertz CT molecular complexity index is 887. The lowest BCUT2D eigenvalue weighted by molar-refractivity contribution is -0.275. The van der Waals surface area contributed by atoms with Gasteiger partial charge in [0, 0.05) is 6.07 Å². The Hall–Kier alpha value is -2.38. The summed E-state index contributed by atoms with van der Waals surface area (Å²) in [5.74, 6) is -2.11. The van der Waals surface area contributed by atoms with Gasteiger partial charge in [0.25, 0.3) is 0 Å². The summed E-state index contributed by atoms with van der Waals surface area (Å²) in [6, 6.07) is 7.70. The van der Waals surface area contributed by atoms with Crippen molar-refractivity contribution < 1.29 is 35.8 Å². The van der Waals surface area contributed by atoms with E-state index in [-0.39, 0.29) is 0 Å². The highest BCUT2D eigenvalue weighted by Gasteiger charge is 2.36. The molecule has 0 aliphatic heterocycles. The second-order valence-corrected chi connectivity index (χ2v) is 8.59. The molecule has 0 saturated heterocycles. The zero-order valence-corrected chi connectivity index (χ0v) is 18.4. The fraction of sp³-hybridized carbons (Fsp3) is 0.520. The summed E-state index contributed by atoms with van der Waals surface area (Å²) in [5, 5.41) is 0. The zero-order valence-electron chi connectivity index (χ0n) is 18.4. The van der Waals surface area contributed by atoms with Gasteiger partial charge in [0.05, 0.1) is 5.56 Å². The normalized spacial score (nSPS) is 19.4. The summed E-state index contributed by atoms with van der Waals surface area (Å²) in [6.45, 7) is 2.19. The van der Waals surface area contributed by atoms with Crippen molar-refractivity contribution >= 4 is 0 Å². The lowest BCUT2D eigenvalue weighted by Gasteiger charge is -2.29. The Balaban J connectivity index is 1.59. The van der Waals surface area contributed by atoms with Gasteiger partial charge < -0.3 is 9.47 Å². The van der Waals surface area contributed by atoms with Crippen LogP contribution in [0.15, 0.2) is 42.5 Å². The van der Waals surface area contributed by atoms with E-state index in [1.807, 2.05) is 0 Å². The van der Waals surface area contributed by atoms with Crippen molar-refractivity contribution in [2.75, 3.05) is 0 Å². The molecule has 0 bridgehead atoms. The fourth-order valence-corrected chi connectivity index (χ4v) is 4.38. The minimum Gasteiger partial charge on any atom is -0.429 e. The maximum absolute atomic E-state index is 14.6. The largest absolute Gasteiger partial charge is 0.573 e. The number of rotatable bonds is 9. The first-order chi connectivity index (χ1) is 15.6. The van der Waals surface area contributed by atoms with E-state index in [2.05, 4.69) is 16.4 Å². The van der Waals surface area contributed by atoms with Gasteiger partial charge in [-0.2, -0.15) is 8.78 Å². The molecule has 0 spiro atoms. The Kier molecular flexibility index (Phi) is 8.19. The molecular formula is C25H28F6O2. The molecule has 0 aromatic heterocycles. The summed E-state index contributed by atoms with van der Waals surface area (Å²) in [4.78, 5) is 0. The van der Waals surface area contributed by atoms with Gasteiger partial charge in [-0.1, -0.05) is 44.7 Å². The van der Waals surface area contributed by atoms with E-state index in [0.717, 1.165) is 43.2 Å². The monoisotopic (exact) mass is 474 g/mol. The number of benzene rings is 2. The van der Waals surface area contributed by atoms with Gasteiger partial charge in [0.15, 0.2) is 11.6 Å². The van der Waals surface area contributed by atoms with Crippen LogP contribution in [0, 0.1) is 11.7 Å². The molecule has 0 amide bonds. The molecule has 0 heterocycles. The van der Waals surface area contributed by atoms with Crippen LogP contribution in [-0.4, -0.2) is 6.36 Å². The molecule has 0 unspecified atom stereocenters. The Morgan fingerprint density at radius 3 is 2.09 bits per heavy atom. The molecule has 0 atom stereocenters. The Morgan fingerprint density at radius 1 is 0.848 bits per heavy atom. The third-order valence-corrected chi connectivity index (χ3v) is 6.16. The van der Waals surface area contributed by atoms with E-state index in [4.69, 9.17) is 0 Å². The van der Waals surface area contributed by atoms with Crippen LogP contribution in [-0.2, 0) is 6.11 Å². The molecule has 3 rings (SSSR count). The van der Waals surface area contributed by atoms with Gasteiger partial charge >= 0.3 is 12.5 Å². The maximum Gasteiger partial charge on any atom is 0.573 e. The average Bonchev–Trinajstić information content (AvgIpc) is 2.75. The van der Waals surface area contributed by atoms with E-state index in [0.29, 0.717) is 18.1 Å². The van der Waals surface area contributed by atoms with Gasteiger partial charge in [0.2, 0.25) is 0 Å². The Morgan fingerprint density at radius 2 is 1.52 bits per heavy atom. The summed E-state index contributed by atoms with van der Waals surface area (Å²) in [6.07, 6.45) is 0.480. The minimum atomic E-state index is -5.09. The van der Waals surface area contributed by atoms with Crippen LogP contribution >= 0.6 is 0 Å². The third-order valence-electron chi connectivity index (χ3n) is 6.16. The van der Waals surface area contributed by atoms with Gasteiger partial charge in [-0.05, 0) is 67.3 Å². The van der Waals surface area contributed by atoms with E-state index in [1.165, 1.54) is 37.8 Å². The Labute approximate surface area is 189 Å². The van der Waals surface area contributed by atoms with Crippen molar-refractivity contribution in [3.63, 3.8) is 0 Å². The minimum absolute atomic E-state index is 0.339. The summed E-state index contributed by atoms with van der Waals surface area (Å²) >= 11 is 0. The lowest BCUT2D eigenvalue weighted by Crippen LogP contribution is -2.22. The maximum atomic E-state index is 14.6. The van der Waals surface area contributed by atoms with Crippen LogP contribution in [0.3, 0.4) is 0 Å². The molecule has 0 radical (unpaired) electrons. The molecule has 2 nitrogen and oxygen atoms in total. The molecule has 1 aliphatic rings. The highest BCUT2D eigenvalue weighted by molar-refractivity contribution is 5.34. The zero-order chi connectivity index (χ0) is 24.1. The number of unbranched alkanes of at least 4 members (excludes halogenated alkanes) is 2. The van der Waals surface area contributed by atoms with Crippen LogP contribution in [0.1, 0.15) is 75.3 Å². The van der Waals surface area contributed by atoms with Crippen LogP contribution in [0.25, 0.3) is 0 Å². The molecular weight excluding hydrogens is 446 g/mol. The van der Waals surface area contributed by atoms with Crippen LogP contribution in [0.5, 0.6) is 11.5 Å². The summed E-state index contributed by atoms with van der Waals surface area (Å²) in [5.41, 5.74) is 0.580. The number of ether oxygens (including phenoxy) is 2. The quantitative estimate of drug-likeness (QED) is 0.267. The predicted molar refractivity (Wildman–Crippen MR) is 113 cm³/mol. The van der Waals surface area contributed by atoms with Crippen molar-refractivity contribution in [3.05, 3.63) is 59.4 Å². The SMILES string of the molecule is CCCCC[C@H]1CC[C@H](c2ccc(C(F)(F)Oc3ccc(OC(F)(F)F)c(F)c3)cc2)CC1. The van der Waals surface area contributed by atoms with E-state index in [1.54, 1.807) is 12.1 Å². The molecule has 0 N–H and O–H groups in total. The molecule has 2 aromatic rings. The van der Waals surface area contributed by atoms with Crippen LogP contribution in [0.4, 0.5) is 26.3 Å².